The maximum atomic E-state index is 12.3. The Balaban J connectivity index is 1.58. The van der Waals surface area contributed by atoms with E-state index in [0.29, 0.717) is 44.4 Å². The summed E-state index contributed by atoms with van der Waals surface area (Å²) in [5, 5.41) is 0.572. The third-order valence-corrected chi connectivity index (χ3v) is 4.35. The van der Waals surface area contributed by atoms with Crippen LogP contribution in [0.1, 0.15) is 19.8 Å². The van der Waals surface area contributed by atoms with Gasteiger partial charge in [-0.15, -0.1) is 0 Å². The van der Waals surface area contributed by atoms with Crippen molar-refractivity contribution in [2.24, 2.45) is 0 Å². The van der Waals surface area contributed by atoms with Crippen LogP contribution < -0.4 is 9.64 Å². The average Bonchev–Trinajstić information content (AvgIpc) is 2.57. The highest BCUT2D eigenvalue weighted by Gasteiger charge is 2.35. The third kappa shape index (κ3) is 3.70. The monoisotopic (exact) mass is 339 g/mol. The van der Waals surface area contributed by atoms with E-state index < -0.39 is 0 Å². The highest BCUT2D eigenvalue weighted by molar-refractivity contribution is 6.30. The van der Waals surface area contributed by atoms with E-state index in [1.54, 1.807) is 12.3 Å². The van der Waals surface area contributed by atoms with E-state index in [-0.39, 0.29) is 11.9 Å². The van der Waals surface area contributed by atoms with Crippen LogP contribution in [0.15, 0.2) is 12.3 Å². The minimum atomic E-state index is 0.144. The highest BCUT2D eigenvalue weighted by atomic mass is 35.5. The van der Waals surface area contributed by atoms with Crippen LogP contribution in [-0.2, 0) is 9.53 Å². The van der Waals surface area contributed by atoms with E-state index in [1.807, 2.05) is 4.90 Å². The van der Waals surface area contributed by atoms with Gasteiger partial charge in [0.2, 0.25) is 5.91 Å². The van der Waals surface area contributed by atoms with Crippen LogP contribution >= 0.6 is 11.6 Å². The van der Waals surface area contributed by atoms with Gasteiger partial charge in [-0.25, -0.2) is 4.98 Å². The van der Waals surface area contributed by atoms with Gasteiger partial charge in [-0.2, -0.15) is 0 Å². The molecule has 0 saturated carbocycles. The number of pyridine rings is 1. The minimum absolute atomic E-state index is 0.144. The van der Waals surface area contributed by atoms with Gasteiger partial charge in [0, 0.05) is 38.5 Å². The number of ether oxygens (including phenoxy) is 2. The Bertz CT molecular complexity index is 570. The normalized spacial score (nSPS) is 19.8. The summed E-state index contributed by atoms with van der Waals surface area (Å²) in [5.41, 5.74) is 0. The number of halogens is 1. The van der Waals surface area contributed by atoms with Crippen molar-refractivity contribution in [3.63, 3.8) is 0 Å². The van der Waals surface area contributed by atoms with Crippen LogP contribution in [0.4, 0.5) is 5.82 Å². The Morgan fingerprint density at radius 1 is 1.48 bits per heavy atom. The number of carbonyl (C=O) groups excluding carboxylic acids is 1. The number of carbonyl (C=O) groups is 1. The summed E-state index contributed by atoms with van der Waals surface area (Å²) in [7, 11) is 0. The standard InChI is InChI=1S/C16H22ClN3O3/c1-2-6-22-7-3-15(21)19-4-5-20-13(10-19)11-23-14-8-12(17)9-18-16(14)20/h8-9,13H,2-7,10-11H2,1H3/t13-/m0/s1. The first-order valence-electron chi connectivity index (χ1n) is 8.09. The third-order valence-electron chi connectivity index (χ3n) is 4.15. The summed E-state index contributed by atoms with van der Waals surface area (Å²) in [4.78, 5) is 20.8. The fourth-order valence-corrected chi connectivity index (χ4v) is 3.14. The van der Waals surface area contributed by atoms with Crippen LogP contribution in [0.3, 0.4) is 0 Å². The molecule has 0 spiro atoms. The van der Waals surface area contributed by atoms with E-state index in [4.69, 9.17) is 21.1 Å². The average molecular weight is 340 g/mol. The minimum Gasteiger partial charge on any atom is -0.487 e. The summed E-state index contributed by atoms with van der Waals surface area (Å²) in [6, 6.07) is 1.94. The topological polar surface area (TPSA) is 54.9 Å². The highest BCUT2D eigenvalue weighted by Crippen LogP contribution is 2.34. The molecule has 1 aromatic heterocycles. The maximum absolute atomic E-state index is 12.3. The lowest BCUT2D eigenvalue weighted by Crippen LogP contribution is -2.58. The Labute approximate surface area is 141 Å². The molecule has 1 saturated heterocycles. The largest absolute Gasteiger partial charge is 0.487 e. The molecule has 3 rings (SSSR count). The van der Waals surface area contributed by atoms with Crippen molar-refractivity contribution in [2.45, 2.75) is 25.8 Å². The molecule has 7 heteroatoms. The summed E-state index contributed by atoms with van der Waals surface area (Å²) in [5.74, 6) is 1.70. The van der Waals surface area contributed by atoms with E-state index in [2.05, 4.69) is 16.8 Å². The smallest absolute Gasteiger partial charge is 0.225 e. The van der Waals surface area contributed by atoms with Gasteiger partial charge < -0.3 is 19.3 Å². The number of amides is 1. The first kappa shape index (κ1) is 16.3. The summed E-state index contributed by atoms with van der Waals surface area (Å²) >= 11 is 5.96. The predicted octanol–water partition coefficient (Wildman–Crippen LogP) is 1.96. The van der Waals surface area contributed by atoms with Crippen LogP contribution in [0.25, 0.3) is 0 Å². The lowest BCUT2D eigenvalue weighted by atomic mass is 10.1. The lowest BCUT2D eigenvalue weighted by molar-refractivity contribution is -0.133. The molecular formula is C16H22ClN3O3. The van der Waals surface area contributed by atoms with Gasteiger partial charge in [0.15, 0.2) is 11.6 Å². The fourth-order valence-electron chi connectivity index (χ4n) is 2.99. The summed E-state index contributed by atoms with van der Waals surface area (Å²) in [6.07, 6.45) is 3.05. The van der Waals surface area contributed by atoms with Crippen molar-refractivity contribution >= 4 is 23.3 Å². The van der Waals surface area contributed by atoms with E-state index in [1.165, 1.54) is 0 Å². The Morgan fingerprint density at radius 2 is 2.35 bits per heavy atom. The maximum Gasteiger partial charge on any atom is 0.225 e. The molecule has 3 heterocycles. The SMILES string of the molecule is CCCOCCC(=O)N1CCN2c3ncc(Cl)cc3OC[C@@H]2C1. The number of nitrogens with zero attached hydrogens (tertiary/aromatic N) is 3. The summed E-state index contributed by atoms with van der Waals surface area (Å²) in [6.45, 7) is 5.94. The van der Waals surface area contributed by atoms with Crippen LogP contribution in [0, 0.1) is 0 Å². The molecule has 23 heavy (non-hydrogen) atoms. The van der Waals surface area contributed by atoms with Gasteiger partial charge in [0.25, 0.3) is 0 Å². The zero-order valence-corrected chi connectivity index (χ0v) is 14.1. The molecular weight excluding hydrogens is 318 g/mol. The second-order valence-electron chi connectivity index (χ2n) is 5.84. The van der Waals surface area contributed by atoms with Crippen molar-refractivity contribution in [2.75, 3.05) is 44.4 Å². The number of anilines is 1. The first-order chi connectivity index (χ1) is 11.2. The Kier molecular flexibility index (Phi) is 5.23. The van der Waals surface area contributed by atoms with Crippen LogP contribution in [0.5, 0.6) is 5.75 Å². The molecule has 1 atom stereocenters. The fraction of sp³-hybridized carbons (Fsp3) is 0.625. The van der Waals surface area contributed by atoms with Crippen molar-refractivity contribution < 1.29 is 14.3 Å². The number of piperazine rings is 1. The Morgan fingerprint density at radius 3 is 3.17 bits per heavy atom. The molecule has 0 aliphatic carbocycles. The van der Waals surface area contributed by atoms with Crippen molar-refractivity contribution in [1.82, 2.24) is 9.88 Å². The molecule has 2 aliphatic heterocycles. The molecule has 0 bridgehead atoms. The second kappa shape index (κ2) is 7.36. The molecule has 0 N–H and O–H groups in total. The van der Waals surface area contributed by atoms with Crippen molar-refractivity contribution in [3.8, 4) is 5.75 Å². The number of fused-ring (bicyclic) bond motifs is 3. The number of hydrogen-bond donors (Lipinski definition) is 0. The molecule has 1 amide bonds. The van der Waals surface area contributed by atoms with E-state index >= 15 is 0 Å². The van der Waals surface area contributed by atoms with Crippen LogP contribution in [0.2, 0.25) is 5.02 Å². The van der Waals surface area contributed by atoms with Gasteiger partial charge in [-0.3, -0.25) is 4.79 Å². The van der Waals surface area contributed by atoms with Gasteiger partial charge in [0.1, 0.15) is 6.61 Å². The quantitative estimate of drug-likeness (QED) is 0.768. The molecule has 2 aliphatic rings. The molecule has 6 nitrogen and oxygen atoms in total. The second-order valence-corrected chi connectivity index (χ2v) is 6.27. The van der Waals surface area contributed by atoms with Gasteiger partial charge >= 0.3 is 0 Å². The molecule has 0 aromatic carbocycles. The molecule has 0 unspecified atom stereocenters. The van der Waals surface area contributed by atoms with E-state index in [0.717, 1.165) is 24.5 Å². The number of hydrogen-bond acceptors (Lipinski definition) is 5. The molecule has 1 aromatic rings. The summed E-state index contributed by atoms with van der Waals surface area (Å²) < 4.78 is 11.2. The van der Waals surface area contributed by atoms with Gasteiger partial charge in [0.05, 0.1) is 24.1 Å². The Hall–Kier alpha value is -1.53. The van der Waals surface area contributed by atoms with Crippen molar-refractivity contribution in [1.29, 1.82) is 0 Å². The van der Waals surface area contributed by atoms with Crippen molar-refractivity contribution in [3.05, 3.63) is 17.3 Å². The van der Waals surface area contributed by atoms with Gasteiger partial charge in [-0.05, 0) is 6.42 Å². The molecule has 0 radical (unpaired) electrons. The lowest BCUT2D eigenvalue weighted by Gasteiger charge is -2.44. The zero-order chi connectivity index (χ0) is 16.2. The molecule has 126 valence electrons. The first-order valence-corrected chi connectivity index (χ1v) is 8.47. The predicted molar refractivity (Wildman–Crippen MR) is 88.2 cm³/mol. The zero-order valence-electron chi connectivity index (χ0n) is 13.3. The van der Waals surface area contributed by atoms with Crippen LogP contribution in [-0.4, -0.2) is 61.3 Å². The number of aromatic nitrogens is 1. The van der Waals surface area contributed by atoms with E-state index in [9.17, 15) is 4.79 Å². The number of rotatable bonds is 5. The van der Waals surface area contributed by atoms with Gasteiger partial charge in [-0.1, -0.05) is 18.5 Å². The molecule has 1 fully saturated rings.